The summed E-state index contributed by atoms with van der Waals surface area (Å²) in [6, 6.07) is 11.7. The molecule has 3 amide bonds. The minimum absolute atomic E-state index is 0.0191. The minimum Gasteiger partial charge on any atom is -0.373 e. The molecule has 2 aromatic carbocycles. The molecule has 0 saturated carbocycles. The van der Waals surface area contributed by atoms with Crippen LogP contribution in [0, 0.1) is 6.92 Å². The van der Waals surface area contributed by atoms with Crippen LogP contribution in [0.1, 0.15) is 56.2 Å². The molecule has 2 unspecified atom stereocenters. The van der Waals surface area contributed by atoms with Crippen molar-refractivity contribution in [1.29, 1.82) is 0 Å². The molecule has 2 heterocycles. The molecule has 2 N–H and O–H groups in total. The maximum atomic E-state index is 13.1. The number of amides is 3. The lowest BCUT2D eigenvalue weighted by atomic mass is 9.79. The lowest BCUT2D eigenvalue weighted by molar-refractivity contribution is -0.147. The Morgan fingerprint density at radius 1 is 1.19 bits per heavy atom. The predicted molar refractivity (Wildman–Crippen MR) is 143 cm³/mol. The summed E-state index contributed by atoms with van der Waals surface area (Å²) >= 11 is 6.21. The first-order chi connectivity index (χ1) is 17.4. The van der Waals surface area contributed by atoms with Gasteiger partial charge in [-0.05, 0) is 60.1 Å². The number of anilines is 1. The molecule has 194 valence electrons. The summed E-state index contributed by atoms with van der Waals surface area (Å²) in [5.74, 6) is -1.05. The van der Waals surface area contributed by atoms with E-state index in [0.29, 0.717) is 42.1 Å². The zero-order chi connectivity index (χ0) is 26.9. The van der Waals surface area contributed by atoms with E-state index in [-0.39, 0.29) is 24.0 Å². The molecule has 8 heteroatoms. The molecule has 2 fully saturated rings. The van der Waals surface area contributed by atoms with E-state index in [1.807, 2.05) is 63.2 Å². The van der Waals surface area contributed by atoms with Gasteiger partial charge >= 0.3 is 0 Å². The quantitative estimate of drug-likeness (QED) is 0.500. The van der Waals surface area contributed by atoms with E-state index < -0.39 is 23.4 Å². The molecule has 0 aromatic heterocycles. The van der Waals surface area contributed by atoms with Crippen molar-refractivity contribution in [3.8, 4) is 0 Å². The lowest BCUT2D eigenvalue weighted by Crippen LogP contribution is -2.52. The van der Waals surface area contributed by atoms with Gasteiger partial charge in [-0.15, -0.1) is 0 Å². The summed E-state index contributed by atoms with van der Waals surface area (Å²) in [6.45, 7) is 9.69. The van der Waals surface area contributed by atoms with E-state index in [1.165, 1.54) is 0 Å². The van der Waals surface area contributed by atoms with Gasteiger partial charge in [0.15, 0.2) is 0 Å². The highest BCUT2D eigenvalue weighted by molar-refractivity contribution is 6.31. The fraction of sp³-hybridized carbons (Fsp3) is 0.379. The number of aryl methyl sites for hydroxylation is 1. The number of nitrogens with one attached hydrogen (secondary N) is 2. The minimum atomic E-state index is -0.808. The van der Waals surface area contributed by atoms with Gasteiger partial charge in [0.2, 0.25) is 11.8 Å². The number of carbonyl (C=O) groups is 4. The van der Waals surface area contributed by atoms with Crippen molar-refractivity contribution >= 4 is 40.8 Å². The number of nitrogens with zero attached hydrogens (tertiary/aromatic N) is 1. The first-order valence-electron chi connectivity index (χ1n) is 12.4. The van der Waals surface area contributed by atoms with Crippen molar-refractivity contribution in [2.75, 3.05) is 5.32 Å². The van der Waals surface area contributed by atoms with Crippen LogP contribution in [0.4, 0.5) is 5.69 Å². The first kappa shape index (κ1) is 26.6. The van der Waals surface area contributed by atoms with Crippen LogP contribution < -0.4 is 10.6 Å². The van der Waals surface area contributed by atoms with Crippen molar-refractivity contribution in [3.05, 3.63) is 76.5 Å². The number of hydrogen-bond acceptors (Lipinski definition) is 5. The topological polar surface area (TPSA) is 95.6 Å². The Morgan fingerprint density at radius 3 is 2.65 bits per heavy atom. The van der Waals surface area contributed by atoms with Gasteiger partial charge in [-0.3, -0.25) is 24.1 Å². The Labute approximate surface area is 222 Å². The van der Waals surface area contributed by atoms with Crippen LogP contribution in [0.25, 0.3) is 0 Å². The Morgan fingerprint density at radius 2 is 1.95 bits per heavy atom. The summed E-state index contributed by atoms with van der Waals surface area (Å²) in [6.07, 6.45) is 1.52. The number of rotatable bonds is 8. The number of allylic oxidation sites excluding steroid dienone is 1. The molecule has 2 aliphatic rings. The number of halogens is 1. The number of Topliss-reactive ketones (excluding diaryl/α,β-unsaturated/α-hetero) is 1. The monoisotopic (exact) mass is 521 g/mol. The molecular formula is C29H32ClN3O4. The van der Waals surface area contributed by atoms with Crippen LogP contribution in [-0.2, 0) is 31.0 Å². The van der Waals surface area contributed by atoms with Gasteiger partial charge in [0.25, 0.3) is 5.91 Å². The van der Waals surface area contributed by atoms with Crippen LogP contribution in [0.15, 0.2) is 54.7 Å². The molecule has 2 aromatic rings. The summed E-state index contributed by atoms with van der Waals surface area (Å²) in [5.41, 5.74) is 3.62. The Hall–Kier alpha value is -3.45. The van der Waals surface area contributed by atoms with E-state index in [4.69, 9.17) is 11.6 Å². The summed E-state index contributed by atoms with van der Waals surface area (Å²) in [4.78, 5) is 52.1. The van der Waals surface area contributed by atoms with Gasteiger partial charge in [-0.25, -0.2) is 0 Å². The summed E-state index contributed by atoms with van der Waals surface area (Å²) in [7, 11) is 0. The normalized spacial score (nSPS) is 20.3. The van der Waals surface area contributed by atoms with Crippen LogP contribution in [-0.4, -0.2) is 40.5 Å². The maximum Gasteiger partial charge on any atom is 0.252 e. The number of carbonyl (C=O) groups excluding carboxylic acids is 4. The molecule has 4 rings (SSSR count). The largest absolute Gasteiger partial charge is 0.373 e. The van der Waals surface area contributed by atoms with Crippen LogP contribution >= 0.6 is 11.6 Å². The Bertz CT molecular complexity index is 1290. The van der Waals surface area contributed by atoms with Crippen LogP contribution in [0.2, 0.25) is 5.02 Å². The fourth-order valence-corrected chi connectivity index (χ4v) is 5.17. The van der Waals surface area contributed by atoms with E-state index >= 15 is 0 Å². The number of likely N-dealkylation sites (tertiary alicyclic amines) is 1. The highest BCUT2D eigenvalue weighted by Crippen LogP contribution is 2.31. The van der Waals surface area contributed by atoms with Crippen molar-refractivity contribution < 1.29 is 19.2 Å². The van der Waals surface area contributed by atoms with Crippen molar-refractivity contribution in [3.63, 3.8) is 0 Å². The zero-order valence-electron chi connectivity index (χ0n) is 21.4. The third-order valence-corrected chi connectivity index (χ3v) is 7.49. The predicted octanol–water partition coefficient (Wildman–Crippen LogP) is 4.46. The van der Waals surface area contributed by atoms with Crippen LogP contribution in [0.3, 0.4) is 0 Å². The number of imide groups is 1. The lowest BCUT2D eigenvalue weighted by Gasteiger charge is -2.30. The van der Waals surface area contributed by atoms with Crippen LogP contribution in [0.5, 0.6) is 0 Å². The molecule has 2 aliphatic heterocycles. The van der Waals surface area contributed by atoms with Gasteiger partial charge in [0, 0.05) is 29.2 Å². The zero-order valence-corrected chi connectivity index (χ0v) is 22.2. The number of ketones is 1. The smallest absolute Gasteiger partial charge is 0.252 e. The number of piperidine rings is 1. The molecule has 7 nitrogen and oxygen atoms in total. The first-order valence-corrected chi connectivity index (χ1v) is 12.8. The second kappa shape index (κ2) is 10.5. The van der Waals surface area contributed by atoms with E-state index in [9.17, 15) is 19.2 Å². The second-order valence-electron chi connectivity index (χ2n) is 10.6. The van der Waals surface area contributed by atoms with Crippen molar-refractivity contribution in [1.82, 2.24) is 10.2 Å². The third kappa shape index (κ3) is 5.93. The summed E-state index contributed by atoms with van der Waals surface area (Å²) < 4.78 is 0. The molecule has 2 saturated heterocycles. The van der Waals surface area contributed by atoms with Crippen molar-refractivity contribution in [2.24, 2.45) is 0 Å². The average molecular weight is 522 g/mol. The van der Waals surface area contributed by atoms with Crippen molar-refractivity contribution in [2.45, 2.75) is 70.4 Å². The maximum absolute atomic E-state index is 13.1. The van der Waals surface area contributed by atoms with Gasteiger partial charge < -0.3 is 10.6 Å². The fourth-order valence-electron chi connectivity index (χ4n) is 4.96. The molecule has 0 bridgehead atoms. The molecule has 37 heavy (non-hydrogen) atoms. The molecule has 0 radical (unpaired) electrons. The van der Waals surface area contributed by atoms with Gasteiger partial charge in [0.05, 0.1) is 6.42 Å². The number of benzene rings is 2. The Balaban J connectivity index is 1.42. The second-order valence-corrected chi connectivity index (χ2v) is 11.0. The van der Waals surface area contributed by atoms with Gasteiger partial charge in [-0.2, -0.15) is 0 Å². The van der Waals surface area contributed by atoms with Gasteiger partial charge in [0.1, 0.15) is 17.9 Å². The highest BCUT2D eigenvalue weighted by atomic mass is 35.5. The molecule has 2 atom stereocenters. The highest BCUT2D eigenvalue weighted by Gasteiger charge is 2.45. The van der Waals surface area contributed by atoms with E-state index in [2.05, 4.69) is 17.2 Å². The standard InChI is InChI=1S/C29H32ClN3O4/c1-17-8-10-19(13-23(17)30)12-22(34)16-29(3,4)20-6-5-7-21(14-20)32-24-15-26(35)33(28(24)37)25-11-9-18(2)31-27(25)36/h5-8,10,13-14,24-25,32H,2,9,11-12,15-16H2,1,3-4H3,(H,31,36). The van der Waals surface area contributed by atoms with Gasteiger partial charge in [-0.1, -0.05) is 56.3 Å². The average Bonchev–Trinajstić information content (AvgIpc) is 3.09. The number of hydrogen-bond donors (Lipinski definition) is 2. The molecular weight excluding hydrogens is 490 g/mol. The van der Waals surface area contributed by atoms with E-state index in [0.717, 1.165) is 21.6 Å². The SMILES string of the molecule is C=C1CCC(N2C(=O)CC(Nc3cccc(C(C)(C)CC(=O)Cc4ccc(C)c(Cl)c4)c3)C2=O)C(=O)N1. The van der Waals surface area contributed by atoms with E-state index in [1.54, 1.807) is 0 Å². The Kier molecular flexibility index (Phi) is 7.55. The summed E-state index contributed by atoms with van der Waals surface area (Å²) in [5, 5.41) is 6.46. The molecule has 0 spiro atoms. The third-order valence-electron chi connectivity index (χ3n) is 7.08. The molecule has 0 aliphatic carbocycles.